The van der Waals surface area contributed by atoms with Crippen LogP contribution >= 0.6 is 23.2 Å². The van der Waals surface area contributed by atoms with Crippen LogP contribution in [0.4, 0.5) is 0 Å². The first-order valence-corrected chi connectivity index (χ1v) is 7.19. The minimum absolute atomic E-state index is 0.0405. The lowest BCUT2D eigenvalue weighted by Crippen LogP contribution is -2.32. The number of nitrogens with one attached hydrogen (secondary N) is 1. The van der Waals surface area contributed by atoms with E-state index in [4.69, 9.17) is 23.2 Å². The van der Waals surface area contributed by atoms with E-state index in [9.17, 15) is 14.7 Å². The zero-order valence-electron chi connectivity index (χ0n) is 11.5. The third-order valence-corrected chi connectivity index (χ3v) is 3.72. The number of hydrogen-bond acceptors (Lipinski definition) is 4. The van der Waals surface area contributed by atoms with Gasteiger partial charge in [0.2, 0.25) is 0 Å². The van der Waals surface area contributed by atoms with E-state index in [0.29, 0.717) is 21.1 Å². The number of aromatic hydroxyl groups is 1. The average Bonchev–Trinajstić information content (AvgIpc) is 2.52. The van der Waals surface area contributed by atoms with Crippen molar-refractivity contribution in [3.8, 4) is 5.75 Å². The fourth-order valence-electron chi connectivity index (χ4n) is 2.04. The molecular weight excluding hydrogens is 341 g/mol. The SMILES string of the molecule is O=c1[nH]c2ccccc2c(=O)n1/N=C/c1cc(Cl)c(O)c(Cl)c1. The molecule has 0 saturated carbocycles. The van der Waals surface area contributed by atoms with Crippen LogP contribution in [-0.2, 0) is 0 Å². The summed E-state index contributed by atoms with van der Waals surface area (Å²) in [4.78, 5) is 26.8. The van der Waals surface area contributed by atoms with E-state index >= 15 is 0 Å². The second kappa shape index (κ2) is 5.91. The quantitative estimate of drug-likeness (QED) is 0.697. The zero-order valence-corrected chi connectivity index (χ0v) is 13.0. The summed E-state index contributed by atoms with van der Waals surface area (Å²) in [5.74, 6) is -0.244. The Balaban J connectivity index is 2.12. The molecule has 0 spiro atoms. The maximum atomic E-state index is 12.3. The highest BCUT2D eigenvalue weighted by atomic mass is 35.5. The van der Waals surface area contributed by atoms with Gasteiger partial charge in [-0.1, -0.05) is 35.3 Å². The Morgan fingerprint density at radius 1 is 1.13 bits per heavy atom. The van der Waals surface area contributed by atoms with Gasteiger partial charge in [-0.05, 0) is 29.8 Å². The van der Waals surface area contributed by atoms with Gasteiger partial charge < -0.3 is 10.1 Å². The van der Waals surface area contributed by atoms with Crippen LogP contribution in [0.1, 0.15) is 5.56 Å². The maximum Gasteiger partial charge on any atom is 0.349 e. The van der Waals surface area contributed by atoms with Gasteiger partial charge in [-0.2, -0.15) is 5.10 Å². The topological polar surface area (TPSA) is 87.5 Å². The number of aromatic amines is 1. The standard InChI is InChI=1S/C15H9Cl2N3O3/c16-10-5-8(6-11(17)13(10)21)7-18-20-14(22)9-3-1-2-4-12(9)19-15(20)23/h1-7,21H,(H,19,23)/b18-7+. The number of halogens is 2. The van der Waals surface area contributed by atoms with Gasteiger partial charge in [-0.15, -0.1) is 4.68 Å². The number of aromatic nitrogens is 2. The van der Waals surface area contributed by atoms with E-state index in [2.05, 4.69) is 10.1 Å². The first-order valence-electron chi connectivity index (χ1n) is 6.44. The lowest BCUT2D eigenvalue weighted by Gasteiger charge is -2.02. The summed E-state index contributed by atoms with van der Waals surface area (Å²) in [5, 5.41) is 13.8. The van der Waals surface area contributed by atoms with Crippen molar-refractivity contribution in [2.45, 2.75) is 0 Å². The van der Waals surface area contributed by atoms with Crippen LogP contribution < -0.4 is 11.2 Å². The van der Waals surface area contributed by atoms with E-state index < -0.39 is 11.2 Å². The van der Waals surface area contributed by atoms with E-state index in [1.54, 1.807) is 24.3 Å². The Morgan fingerprint density at radius 3 is 2.48 bits per heavy atom. The highest BCUT2D eigenvalue weighted by molar-refractivity contribution is 6.37. The third-order valence-electron chi connectivity index (χ3n) is 3.15. The second-order valence-electron chi connectivity index (χ2n) is 4.67. The number of hydrogen-bond donors (Lipinski definition) is 2. The predicted molar refractivity (Wildman–Crippen MR) is 89.9 cm³/mol. The molecule has 116 valence electrons. The molecule has 0 saturated heterocycles. The Labute approximate surface area is 139 Å². The number of rotatable bonds is 2. The monoisotopic (exact) mass is 349 g/mol. The van der Waals surface area contributed by atoms with Crippen LogP contribution in [0.25, 0.3) is 10.9 Å². The zero-order chi connectivity index (χ0) is 16.6. The Kier molecular flexibility index (Phi) is 3.94. The summed E-state index contributed by atoms with van der Waals surface area (Å²) in [6, 6.07) is 9.44. The minimum atomic E-state index is -0.666. The van der Waals surface area contributed by atoms with E-state index in [1.807, 2.05) is 0 Å². The Bertz CT molecular complexity index is 1030. The first-order chi connectivity index (χ1) is 11.0. The van der Waals surface area contributed by atoms with Crippen molar-refractivity contribution >= 4 is 40.3 Å². The third kappa shape index (κ3) is 2.86. The predicted octanol–water partition coefficient (Wildman–Crippen LogP) is 2.58. The first kappa shape index (κ1) is 15.3. The van der Waals surface area contributed by atoms with Crippen molar-refractivity contribution < 1.29 is 5.11 Å². The molecule has 0 amide bonds. The second-order valence-corrected chi connectivity index (χ2v) is 5.48. The van der Waals surface area contributed by atoms with Crippen molar-refractivity contribution in [1.29, 1.82) is 0 Å². The summed E-state index contributed by atoms with van der Waals surface area (Å²) in [6.45, 7) is 0. The molecule has 1 heterocycles. The molecule has 0 atom stereocenters. The molecule has 2 aromatic carbocycles. The van der Waals surface area contributed by atoms with Gasteiger partial charge in [0.25, 0.3) is 5.56 Å². The molecular formula is C15H9Cl2N3O3. The molecule has 0 radical (unpaired) electrons. The molecule has 3 rings (SSSR count). The largest absolute Gasteiger partial charge is 0.505 e. The smallest absolute Gasteiger partial charge is 0.349 e. The van der Waals surface area contributed by atoms with Crippen LogP contribution in [0.3, 0.4) is 0 Å². The summed E-state index contributed by atoms with van der Waals surface area (Å²) in [6.07, 6.45) is 1.25. The molecule has 1 aromatic heterocycles. The van der Waals surface area contributed by atoms with Crippen LogP contribution in [0.2, 0.25) is 10.0 Å². The molecule has 0 unspecified atom stereocenters. The van der Waals surface area contributed by atoms with Gasteiger partial charge in [0.1, 0.15) is 0 Å². The molecule has 23 heavy (non-hydrogen) atoms. The van der Waals surface area contributed by atoms with Crippen molar-refractivity contribution in [1.82, 2.24) is 9.66 Å². The molecule has 3 aromatic rings. The van der Waals surface area contributed by atoms with Gasteiger partial charge in [-0.25, -0.2) is 4.79 Å². The fourth-order valence-corrected chi connectivity index (χ4v) is 2.55. The van der Waals surface area contributed by atoms with Crippen LogP contribution in [0.5, 0.6) is 5.75 Å². The summed E-state index contributed by atoms with van der Waals surface area (Å²) >= 11 is 11.6. The number of fused-ring (bicyclic) bond motifs is 1. The van der Waals surface area contributed by atoms with E-state index in [-0.39, 0.29) is 15.8 Å². The number of phenolic OH excluding ortho intramolecular Hbond substituents is 1. The minimum Gasteiger partial charge on any atom is -0.505 e. The Morgan fingerprint density at radius 2 is 1.78 bits per heavy atom. The summed E-state index contributed by atoms with van der Waals surface area (Å²) in [5.41, 5.74) is -0.348. The molecule has 8 heteroatoms. The van der Waals surface area contributed by atoms with Crippen molar-refractivity contribution in [2.75, 3.05) is 0 Å². The van der Waals surface area contributed by atoms with Gasteiger partial charge in [0, 0.05) is 0 Å². The van der Waals surface area contributed by atoms with E-state index in [1.165, 1.54) is 18.3 Å². The van der Waals surface area contributed by atoms with Crippen molar-refractivity contribution in [2.24, 2.45) is 5.10 Å². The van der Waals surface area contributed by atoms with Crippen molar-refractivity contribution in [3.63, 3.8) is 0 Å². The van der Waals surface area contributed by atoms with Gasteiger partial charge >= 0.3 is 5.69 Å². The maximum absolute atomic E-state index is 12.3. The van der Waals surface area contributed by atoms with Crippen LogP contribution in [0, 0.1) is 0 Å². The van der Waals surface area contributed by atoms with Gasteiger partial charge in [-0.3, -0.25) is 4.79 Å². The highest BCUT2D eigenvalue weighted by Gasteiger charge is 2.07. The van der Waals surface area contributed by atoms with Crippen LogP contribution in [-0.4, -0.2) is 21.0 Å². The van der Waals surface area contributed by atoms with Gasteiger partial charge in [0.15, 0.2) is 5.75 Å². The number of benzene rings is 2. The average molecular weight is 350 g/mol. The molecule has 0 aliphatic rings. The van der Waals surface area contributed by atoms with Gasteiger partial charge in [0.05, 0.1) is 27.2 Å². The Hall–Kier alpha value is -2.57. The van der Waals surface area contributed by atoms with Crippen LogP contribution in [0.15, 0.2) is 51.1 Å². The molecule has 2 N–H and O–H groups in total. The van der Waals surface area contributed by atoms with E-state index in [0.717, 1.165) is 0 Å². The highest BCUT2D eigenvalue weighted by Crippen LogP contribution is 2.32. The lowest BCUT2D eigenvalue weighted by atomic mass is 10.2. The molecule has 0 bridgehead atoms. The number of para-hydroxylation sites is 1. The summed E-state index contributed by atoms with van der Waals surface area (Å²) < 4.78 is 0.705. The number of phenols is 1. The van der Waals surface area contributed by atoms with Crippen molar-refractivity contribution in [3.05, 3.63) is 72.8 Å². The normalized spacial score (nSPS) is 11.4. The summed E-state index contributed by atoms with van der Waals surface area (Å²) in [7, 11) is 0. The number of H-pyrrole nitrogens is 1. The lowest BCUT2D eigenvalue weighted by molar-refractivity contribution is 0.476. The molecule has 0 fully saturated rings. The fraction of sp³-hybridized carbons (Fsp3) is 0. The molecule has 0 aliphatic carbocycles. The number of nitrogens with zero attached hydrogens (tertiary/aromatic N) is 2. The molecule has 6 nitrogen and oxygen atoms in total. The molecule has 0 aliphatic heterocycles.